The van der Waals surface area contributed by atoms with Gasteiger partial charge in [-0.3, -0.25) is 0 Å². The van der Waals surface area contributed by atoms with Crippen LogP contribution in [0, 0.1) is 5.92 Å². The largest absolute Gasteiger partial charge is 0.377 e. The minimum absolute atomic E-state index is 0.0901. The normalized spacial score (nSPS) is 27.0. The predicted octanol–water partition coefficient (Wildman–Crippen LogP) is 3.43. The average Bonchev–Trinajstić information content (AvgIpc) is 2.96. The molecule has 2 aromatic carbocycles. The van der Waals surface area contributed by atoms with Crippen molar-refractivity contribution in [3.8, 4) is 11.1 Å². The molecule has 0 aromatic heterocycles. The van der Waals surface area contributed by atoms with Crippen molar-refractivity contribution in [2.45, 2.75) is 18.1 Å². The molecule has 1 fully saturated rings. The fraction of sp³-hybridized carbons (Fsp3) is 0.368. The van der Waals surface area contributed by atoms with Gasteiger partial charge in [0.05, 0.1) is 5.75 Å². The molecule has 1 saturated heterocycles. The van der Waals surface area contributed by atoms with Crippen LogP contribution >= 0.6 is 0 Å². The van der Waals surface area contributed by atoms with Crippen LogP contribution in [0.2, 0.25) is 0 Å². The molecule has 2 unspecified atom stereocenters. The summed E-state index contributed by atoms with van der Waals surface area (Å²) < 4.78 is 25.5. The summed E-state index contributed by atoms with van der Waals surface area (Å²) in [5.74, 6) is 0.362. The van der Waals surface area contributed by atoms with Crippen LogP contribution in [0.5, 0.6) is 0 Å². The molecule has 1 aliphatic heterocycles. The van der Waals surface area contributed by atoms with E-state index in [9.17, 15) is 8.42 Å². The number of hydrogen-bond donors (Lipinski definition) is 0. The number of sulfone groups is 1. The highest BCUT2D eigenvalue weighted by atomic mass is 32.2. The number of nitrogens with zero attached hydrogens (tertiary/aromatic N) is 1. The Morgan fingerprint density at radius 2 is 1.74 bits per heavy atom. The highest BCUT2D eigenvalue weighted by Crippen LogP contribution is 2.61. The van der Waals surface area contributed by atoms with E-state index in [4.69, 9.17) is 0 Å². The van der Waals surface area contributed by atoms with Gasteiger partial charge in [-0.1, -0.05) is 43.3 Å². The maximum Gasteiger partial charge on any atom is 0.164 e. The van der Waals surface area contributed by atoms with Crippen molar-refractivity contribution in [1.29, 1.82) is 0 Å². The first kappa shape index (κ1) is 14.8. The first-order valence-corrected chi connectivity index (χ1v) is 9.69. The lowest BCUT2D eigenvalue weighted by molar-refractivity contribution is 0.473. The molecule has 1 heterocycles. The molecule has 23 heavy (non-hydrogen) atoms. The Hall–Kier alpha value is -1.81. The van der Waals surface area contributed by atoms with E-state index in [2.05, 4.69) is 24.0 Å². The molecular formula is C19H21NO2S. The van der Waals surface area contributed by atoms with Gasteiger partial charge in [-0.05, 0) is 35.1 Å². The SMILES string of the molecule is CC1CCS(=O)(=O)C12c1ccccc1-c1c(N(C)C)cccc12. The molecular weight excluding hydrogens is 306 g/mol. The third-order valence-electron chi connectivity index (χ3n) is 5.53. The predicted molar refractivity (Wildman–Crippen MR) is 94.6 cm³/mol. The number of anilines is 1. The summed E-state index contributed by atoms with van der Waals surface area (Å²) in [5, 5.41) is 0. The van der Waals surface area contributed by atoms with Gasteiger partial charge in [0.15, 0.2) is 9.84 Å². The first-order valence-electron chi connectivity index (χ1n) is 8.04. The van der Waals surface area contributed by atoms with Crippen LogP contribution < -0.4 is 4.90 Å². The van der Waals surface area contributed by atoms with Crippen molar-refractivity contribution < 1.29 is 8.42 Å². The van der Waals surface area contributed by atoms with Crippen LogP contribution in [-0.2, 0) is 14.6 Å². The van der Waals surface area contributed by atoms with Crippen molar-refractivity contribution in [1.82, 2.24) is 0 Å². The second-order valence-electron chi connectivity index (χ2n) is 6.88. The van der Waals surface area contributed by atoms with Crippen LogP contribution in [-0.4, -0.2) is 28.3 Å². The third-order valence-corrected chi connectivity index (χ3v) is 8.12. The van der Waals surface area contributed by atoms with Crippen molar-refractivity contribution in [2.24, 2.45) is 5.92 Å². The lowest BCUT2D eigenvalue weighted by atomic mass is 9.83. The second kappa shape index (κ2) is 4.60. The second-order valence-corrected chi connectivity index (χ2v) is 9.17. The molecule has 2 aliphatic rings. The van der Waals surface area contributed by atoms with Crippen LogP contribution in [0.1, 0.15) is 24.5 Å². The molecule has 0 amide bonds. The first-order chi connectivity index (χ1) is 10.9. The third kappa shape index (κ3) is 1.62. The monoisotopic (exact) mass is 327 g/mol. The van der Waals surface area contributed by atoms with E-state index in [0.29, 0.717) is 0 Å². The Bertz CT molecular complexity index is 901. The van der Waals surface area contributed by atoms with E-state index in [1.54, 1.807) is 0 Å². The highest BCUT2D eigenvalue weighted by molar-refractivity contribution is 7.92. The van der Waals surface area contributed by atoms with Gasteiger partial charge in [-0.15, -0.1) is 0 Å². The standard InChI is InChI=1S/C19H21NO2S/c1-13-11-12-23(21,22)19(13)15-8-5-4-7-14(15)18-16(19)9-6-10-17(18)20(2)3/h4-10,13H,11-12H2,1-3H3. The smallest absolute Gasteiger partial charge is 0.164 e. The van der Waals surface area contributed by atoms with Gasteiger partial charge in [0.2, 0.25) is 0 Å². The maximum atomic E-state index is 13.2. The van der Waals surface area contributed by atoms with Gasteiger partial charge in [0.25, 0.3) is 0 Å². The summed E-state index contributed by atoms with van der Waals surface area (Å²) in [6, 6.07) is 14.1. The van der Waals surface area contributed by atoms with E-state index in [0.717, 1.165) is 34.4 Å². The molecule has 2 aromatic rings. The zero-order chi connectivity index (χ0) is 16.4. The zero-order valence-corrected chi connectivity index (χ0v) is 14.5. The number of hydrogen-bond acceptors (Lipinski definition) is 3. The lowest BCUT2D eigenvalue weighted by Gasteiger charge is -2.30. The van der Waals surface area contributed by atoms with Gasteiger partial charge in [0.1, 0.15) is 4.75 Å². The Balaban J connectivity index is 2.20. The minimum atomic E-state index is -3.22. The average molecular weight is 327 g/mol. The topological polar surface area (TPSA) is 37.4 Å². The molecule has 120 valence electrons. The van der Waals surface area contributed by atoms with E-state index < -0.39 is 14.6 Å². The number of rotatable bonds is 1. The van der Waals surface area contributed by atoms with Crippen molar-refractivity contribution in [3.63, 3.8) is 0 Å². The molecule has 3 nitrogen and oxygen atoms in total. The molecule has 0 N–H and O–H groups in total. The van der Waals surface area contributed by atoms with Gasteiger partial charge >= 0.3 is 0 Å². The minimum Gasteiger partial charge on any atom is -0.377 e. The Morgan fingerprint density at radius 1 is 1.04 bits per heavy atom. The summed E-state index contributed by atoms with van der Waals surface area (Å²) >= 11 is 0. The van der Waals surface area contributed by atoms with E-state index >= 15 is 0 Å². The maximum absolute atomic E-state index is 13.2. The quantitative estimate of drug-likeness (QED) is 0.805. The van der Waals surface area contributed by atoms with E-state index in [1.807, 2.05) is 44.4 Å². The molecule has 2 atom stereocenters. The van der Waals surface area contributed by atoms with Crippen LogP contribution in [0.3, 0.4) is 0 Å². The Kier molecular flexibility index (Phi) is 2.95. The molecule has 0 radical (unpaired) electrons. The summed E-state index contributed by atoms with van der Waals surface area (Å²) in [4.78, 5) is 2.07. The lowest BCUT2D eigenvalue weighted by Crippen LogP contribution is -2.36. The summed E-state index contributed by atoms with van der Waals surface area (Å²) in [6.45, 7) is 2.08. The van der Waals surface area contributed by atoms with E-state index in [1.165, 1.54) is 0 Å². The molecule has 4 heteroatoms. The molecule has 0 bridgehead atoms. The molecule has 4 rings (SSSR count). The van der Waals surface area contributed by atoms with Gasteiger partial charge in [0, 0.05) is 25.3 Å². The Labute approximate surface area is 137 Å². The zero-order valence-electron chi connectivity index (χ0n) is 13.7. The molecule has 1 aliphatic carbocycles. The summed E-state index contributed by atoms with van der Waals surface area (Å²) in [7, 11) is 0.796. The summed E-state index contributed by atoms with van der Waals surface area (Å²) in [5.41, 5.74) is 5.18. The van der Waals surface area contributed by atoms with Crippen LogP contribution in [0.4, 0.5) is 5.69 Å². The Morgan fingerprint density at radius 3 is 2.39 bits per heavy atom. The van der Waals surface area contributed by atoms with Gasteiger partial charge < -0.3 is 4.90 Å². The van der Waals surface area contributed by atoms with Gasteiger partial charge in [-0.25, -0.2) is 8.42 Å². The van der Waals surface area contributed by atoms with Crippen LogP contribution in [0.25, 0.3) is 11.1 Å². The van der Waals surface area contributed by atoms with Crippen molar-refractivity contribution in [2.75, 3.05) is 24.7 Å². The fourth-order valence-corrected chi connectivity index (χ4v) is 7.28. The van der Waals surface area contributed by atoms with E-state index in [-0.39, 0.29) is 11.7 Å². The number of benzene rings is 2. The summed E-state index contributed by atoms with van der Waals surface area (Å²) in [6.07, 6.45) is 0.725. The molecule has 1 spiro atoms. The van der Waals surface area contributed by atoms with Crippen molar-refractivity contribution >= 4 is 15.5 Å². The van der Waals surface area contributed by atoms with Crippen molar-refractivity contribution in [3.05, 3.63) is 53.6 Å². The fourth-order valence-electron chi connectivity index (χ4n) is 4.54. The van der Waals surface area contributed by atoms with Crippen LogP contribution in [0.15, 0.2) is 42.5 Å². The molecule has 0 saturated carbocycles. The number of fused-ring (bicyclic) bond motifs is 5. The highest BCUT2D eigenvalue weighted by Gasteiger charge is 2.59. The van der Waals surface area contributed by atoms with Gasteiger partial charge in [-0.2, -0.15) is 0 Å².